The summed E-state index contributed by atoms with van der Waals surface area (Å²) in [6, 6.07) is 13.1. The number of phenolic OH excluding ortho intramolecular Hbond substituents is 1. The van der Waals surface area contributed by atoms with Crippen LogP contribution in [-0.4, -0.2) is 22.2 Å². The number of aromatic hydroxyl groups is 1. The number of methoxy groups -OCH3 is 1. The zero-order valence-electron chi connectivity index (χ0n) is 15.5. The summed E-state index contributed by atoms with van der Waals surface area (Å²) >= 11 is 0. The molecular formula is C21H24N4O2. The summed E-state index contributed by atoms with van der Waals surface area (Å²) in [5.74, 6) is 1.17. The minimum absolute atomic E-state index is 0.0909. The SMILES string of the molecule is CCCC(Nc1cncc(-c2ccc(O)c(OC)c2)n1)c1cccc(N)c1. The van der Waals surface area contributed by atoms with Crippen LogP contribution in [0.15, 0.2) is 54.9 Å². The smallest absolute Gasteiger partial charge is 0.161 e. The highest BCUT2D eigenvalue weighted by Gasteiger charge is 2.13. The van der Waals surface area contributed by atoms with Gasteiger partial charge in [-0.3, -0.25) is 4.98 Å². The lowest BCUT2D eigenvalue weighted by atomic mass is 10.0. The summed E-state index contributed by atoms with van der Waals surface area (Å²) < 4.78 is 5.18. The number of rotatable bonds is 7. The van der Waals surface area contributed by atoms with Gasteiger partial charge in [0.15, 0.2) is 11.5 Å². The van der Waals surface area contributed by atoms with E-state index < -0.39 is 0 Å². The van der Waals surface area contributed by atoms with Crippen molar-refractivity contribution in [3.05, 3.63) is 60.4 Å². The molecule has 1 aromatic heterocycles. The molecule has 0 radical (unpaired) electrons. The van der Waals surface area contributed by atoms with Crippen LogP contribution in [0.3, 0.4) is 0 Å². The number of nitrogens with zero attached hydrogens (tertiary/aromatic N) is 2. The Balaban J connectivity index is 1.88. The standard InChI is InChI=1S/C21H24N4O2/c1-3-5-17(14-6-4-7-16(22)10-14)24-21-13-23-12-18(25-21)15-8-9-19(26)20(11-15)27-2/h4,6-13,17,26H,3,5,22H2,1-2H3,(H,24,25). The summed E-state index contributed by atoms with van der Waals surface area (Å²) in [7, 11) is 1.52. The molecule has 0 saturated carbocycles. The van der Waals surface area contributed by atoms with Crippen LogP contribution in [0.4, 0.5) is 11.5 Å². The number of benzene rings is 2. The van der Waals surface area contributed by atoms with E-state index in [1.807, 2.05) is 18.2 Å². The van der Waals surface area contributed by atoms with Gasteiger partial charge in [-0.15, -0.1) is 0 Å². The first kappa shape index (κ1) is 18.5. The second-order valence-electron chi connectivity index (χ2n) is 6.33. The molecule has 0 fully saturated rings. The van der Waals surface area contributed by atoms with Gasteiger partial charge in [-0.2, -0.15) is 0 Å². The van der Waals surface area contributed by atoms with Crippen molar-refractivity contribution in [2.45, 2.75) is 25.8 Å². The van der Waals surface area contributed by atoms with Gasteiger partial charge in [0.2, 0.25) is 0 Å². The highest BCUT2D eigenvalue weighted by molar-refractivity contribution is 5.64. The topological polar surface area (TPSA) is 93.3 Å². The van der Waals surface area contributed by atoms with E-state index in [-0.39, 0.29) is 11.8 Å². The largest absolute Gasteiger partial charge is 0.504 e. The molecule has 6 heteroatoms. The van der Waals surface area contributed by atoms with Crippen LogP contribution in [-0.2, 0) is 0 Å². The third-order valence-electron chi connectivity index (χ3n) is 4.32. The molecule has 3 aromatic rings. The molecule has 1 atom stereocenters. The fourth-order valence-electron chi connectivity index (χ4n) is 2.98. The summed E-state index contributed by atoms with van der Waals surface area (Å²) in [6.45, 7) is 2.14. The van der Waals surface area contributed by atoms with Gasteiger partial charge < -0.3 is 20.9 Å². The quantitative estimate of drug-likeness (QED) is 0.538. The Hall–Kier alpha value is -3.28. The lowest BCUT2D eigenvalue weighted by molar-refractivity contribution is 0.373. The maximum absolute atomic E-state index is 9.78. The first-order chi connectivity index (χ1) is 13.1. The predicted molar refractivity (Wildman–Crippen MR) is 108 cm³/mol. The predicted octanol–water partition coefficient (Wildman–Crippen LogP) is 4.39. The van der Waals surface area contributed by atoms with E-state index in [4.69, 9.17) is 10.5 Å². The molecule has 0 aliphatic heterocycles. The van der Waals surface area contributed by atoms with Crippen LogP contribution in [0.25, 0.3) is 11.3 Å². The van der Waals surface area contributed by atoms with E-state index >= 15 is 0 Å². The highest BCUT2D eigenvalue weighted by atomic mass is 16.5. The summed E-state index contributed by atoms with van der Waals surface area (Å²) in [6.07, 6.45) is 5.36. The normalized spacial score (nSPS) is 11.8. The van der Waals surface area contributed by atoms with Crippen molar-refractivity contribution in [2.75, 3.05) is 18.2 Å². The van der Waals surface area contributed by atoms with Crippen molar-refractivity contribution in [1.82, 2.24) is 9.97 Å². The van der Waals surface area contributed by atoms with Gasteiger partial charge in [0.25, 0.3) is 0 Å². The zero-order valence-corrected chi connectivity index (χ0v) is 15.5. The van der Waals surface area contributed by atoms with E-state index in [2.05, 4.69) is 28.3 Å². The molecule has 0 spiro atoms. The highest BCUT2D eigenvalue weighted by Crippen LogP contribution is 2.31. The molecule has 0 saturated heterocycles. The molecule has 0 aliphatic rings. The van der Waals surface area contributed by atoms with Crippen molar-refractivity contribution in [3.63, 3.8) is 0 Å². The van der Waals surface area contributed by atoms with Crippen LogP contribution < -0.4 is 15.8 Å². The molecule has 0 bridgehead atoms. The molecule has 2 aromatic carbocycles. The molecule has 1 unspecified atom stereocenters. The van der Waals surface area contributed by atoms with Gasteiger partial charge in [0, 0.05) is 11.3 Å². The Bertz CT molecular complexity index is 914. The maximum Gasteiger partial charge on any atom is 0.161 e. The molecule has 140 valence electrons. The van der Waals surface area contributed by atoms with Gasteiger partial charge in [-0.05, 0) is 42.3 Å². The molecule has 27 heavy (non-hydrogen) atoms. The number of hydrogen-bond donors (Lipinski definition) is 3. The molecular weight excluding hydrogens is 340 g/mol. The number of nitrogens with one attached hydrogen (secondary N) is 1. The Morgan fingerprint density at radius 2 is 2.04 bits per heavy atom. The molecule has 0 amide bonds. The van der Waals surface area contributed by atoms with E-state index in [0.717, 1.165) is 29.7 Å². The number of hydrogen-bond acceptors (Lipinski definition) is 6. The molecule has 0 aliphatic carbocycles. The van der Waals surface area contributed by atoms with Crippen molar-refractivity contribution in [3.8, 4) is 22.8 Å². The minimum Gasteiger partial charge on any atom is -0.504 e. The minimum atomic E-state index is 0.0909. The Labute approximate surface area is 159 Å². The number of anilines is 2. The monoisotopic (exact) mass is 364 g/mol. The Kier molecular flexibility index (Phi) is 5.76. The summed E-state index contributed by atoms with van der Waals surface area (Å²) in [4.78, 5) is 8.99. The van der Waals surface area contributed by atoms with Gasteiger partial charge in [0.1, 0.15) is 5.82 Å². The number of nitrogens with two attached hydrogens (primary N) is 1. The summed E-state index contributed by atoms with van der Waals surface area (Å²) in [5, 5.41) is 13.2. The van der Waals surface area contributed by atoms with E-state index in [1.165, 1.54) is 7.11 Å². The zero-order chi connectivity index (χ0) is 19.2. The van der Waals surface area contributed by atoms with Crippen molar-refractivity contribution in [2.24, 2.45) is 0 Å². The van der Waals surface area contributed by atoms with Crippen LogP contribution in [0.5, 0.6) is 11.5 Å². The van der Waals surface area contributed by atoms with Gasteiger partial charge in [-0.25, -0.2) is 4.98 Å². The second-order valence-corrected chi connectivity index (χ2v) is 6.33. The van der Waals surface area contributed by atoms with Crippen LogP contribution in [0, 0.1) is 0 Å². The lowest BCUT2D eigenvalue weighted by Gasteiger charge is -2.20. The second kappa shape index (κ2) is 8.40. The Morgan fingerprint density at radius 1 is 1.19 bits per heavy atom. The molecule has 3 rings (SSSR count). The fourth-order valence-corrected chi connectivity index (χ4v) is 2.98. The van der Waals surface area contributed by atoms with Crippen LogP contribution >= 0.6 is 0 Å². The molecule has 6 nitrogen and oxygen atoms in total. The number of aromatic nitrogens is 2. The van der Waals surface area contributed by atoms with Gasteiger partial charge in [0.05, 0.1) is 31.2 Å². The Morgan fingerprint density at radius 3 is 2.78 bits per heavy atom. The van der Waals surface area contributed by atoms with Crippen molar-refractivity contribution >= 4 is 11.5 Å². The number of ether oxygens (including phenoxy) is 1. The van der Waals surface area contributed by atoms with Crippen LogP contribution in [0.2, 0.25) is 0 Å². The molecule has 1 heterocycles. The van der Waals surface area contributed by atoms with E-state index in [1.54, 1.807) is 30.6 Å². The fraction of sp³-hybridized carbons (Fsp3) is 0.238. The first-order valence-corrected chi connectivity index (χ1v) is 8.92. The first-order valence-electron chi connectivity index (χ1n) is 8.92. The number of nitrogen functional groups attached to an aromatic ring is 1. The summed E-state index contributed by atoms with van der Waals surface area (Å²) in [5.41, 5.74) is 9.31. The average molecular weight is 364 g/mol. The van der Waals surface area contributed by atoms with Gasteiger partial charge in [-0.1, -0.05) is 25.5 Å². The average Bonchev–Trinajstić information content (AvgIpc) is 2.68. The van der Waals surface area contributed by atoms with Gasteiger partial charge >= 0.3 is 0 Å². The number of phenols is 1. The van der Waals surface area contributed by atoms with Crippen molar-refractivity contribution < 1.29 is 9.84 Å². The maximum atomic E-state index is 9.78. The van der Waals surface area contributed by atoms with E-state index in [0.29, 0.717) is 17.3 Å². The van der Waals surface area contributed by atoms with Crippen LogP contribution in [0.1, 0.15) is 31.4 Å². The van der Waals surface area contributed by atoms with Crippen molar-refractivity contribution in [1.29, 1.82) is 0 Å². The lowest BCUT2D eigenvalue weighted by Crippen LogP contribution is -2.12. The third kappa shape index (κ3) is 4.47. The third-order valence-corrected chi connectivity index (χ3v) is 4.32. The molecule has 4 N–H and O–H groups in total. The van der Waals surface area contributed by atoms with E-state index in [9.17, 15) is 5.11 Å².